The number of hydrogen-bond donors (Lipinski definition) is 1. The number of hydrogen-bond acceptors (Lipinski definition) is 2. The summed E-state index contributed by atoms with van der Waals surface area (Å²) in [5.41, 5.74) is 2.33. The number of aryl methyl sites for hydroxylation is 1. The molecule has 1 aliphatic carbocycles. The van der Waals surface area contributed by atoms with Gasteiger partial charge in [0.1, 0.15) is 10.8 Å². The zero-order valence-electron chi connectivity index (χ0n) is 14.5. The van der Waals surface area contributed by atoms with Crippen molar-refractivity contribution < 1.29 is 4.79 Å². The van der Waals surface area contributed by atoms with E-state index in [1.807, 2.05) is 36.4 Å². The van der Waals surface area contributed by atoms with Crippen molar-refractivity contribution in [3.05, 3.63) is 71.8 Å². The lowest BCUT2D eigenvalue weighted by Crippen LogP contribution is -2.44. The van der Waals surface area contributed by atoms with Gasteiger partial charge in [-0.1, -0.05) is 79.3 Å². The lowest BCUT2D eigenvalue weighted by atomic mass is 9.80. The molecule has 2 aromatic rings. The number of carbonyl (C=O) groups is 1. The summed E-state index contributed by atoms with van der Waals surface area (Å²) in [5.74, 6) is 0.479. The minimum Gasteiger partial charge on any atom is -0.372 e. The molecule has 0 heterocycles. The number of carbonyl (C=O) groups excluding carboxylic acids is 1. The molecule has 0 aromatic heterocycles. The Hall–Kier alpha value is -2.00. The van der Waals surface area contributed by atoms with Crippen LogP contribution in [0.15, 0.2) is 60.7 Å². The molecule has 2 unspecified atom stereocenters. The molecule has 0 saturated heterocycles. The van der Waals surface area contributed by atoms with Crippen molar-refractivity contribution in [2.75, 3.05) is 0 Å². The van der Waals surface area contributed by atoms with Crippen LogP contribution >= 0.6 is 12.2 Å². The van der Waals surface area contributed by atoms with Crippen LogP contribution in [-0.4, -0.2) is 16.8 Å². The lowest BCUT2D eigenvalue weighted by molar-refractivity contribution is -0.125. The van der Waals surface area contributed by atoms with E-state index in [4.69, 9.17) is 12.2 Å². The fourth-order valence-electron chi connectivity index (χ4n) is 3.62. The van der Waals surface area contributed by atoms with Crippen LogP contribution < -0.4 is 5.32 Å². The van der Waals surface area contributed by atoms with E-state index in [9.17, 15) is 4.79 Å². The van der Waals surface area contributed by atoms with Crippen LogP contribution in [0, 0.1) is 5.92 Å². The minimum atomic E-state index is 0.0825. The first-order chi connectivity index (χ1) is 12.2. The van der Waals surface area contributed by atoms with Crippen LogP contribution in [-0.2, 0) is 11.2 Å². The first-order valence-corrected chi connectivity index (χ1v) is 9.57. The standard InChI is InChI=1S/C22H25NOS/c24-21-14-8-7-13-19(21)20(16-15-17-9-3-1-4-10-17)23-22(25)18-11-5-2-6-12-18/h1-6,9-12,19-20H,7-8,13-16H2,(H,23,25). The third kappa shape index (κ3) is 4.99. The van der Waals surface area contributed by atoms with Gasteiger partial charge in [-0.2, -0.15) is 0 Å². The van der Waals surface area contributed by atoms with E-state index in [1.54, 1.807) is 0 Å². The van der Waals surface area contributed by atoms with Gasteiger partial charge in [-0.15, -0.1) is 0 Å². The van der Waals surface area contributed by atoms with Crippen molar-refractivity contribution in [3.8, 4) is 0 Å². The molecule has 0 amide bonds. The van der Waals surface area contributed by atoms with Crippen molar-refractivity contribution in [1.82, 2.24) is 5.32 Å². The molecule has 130 valence electrons. The zero-order valence-corrected chi connectivity index (χ0v) is 15.3. The van der Waals surface area contributed by atoms with E-state index < -0.39 is 0 Å². The first kappa shape index (κ1) is 17.8. The molecule has 1 aliphatic rings. The quantitative estimate of drug-likeness (QED) is 0.764. The van der Waals surface area contributed by atoms with E-state index in [1.165, 1.54) is 5.56 Å². The molecule has 1 saturated carbocycles. The van der Waals surface area contributed by atoms with E-state index in [2.05, 4.69) is 29.6 Å². The predicted octanol–water partition coefficient (Wildman–Crippen LogP) is 4.71. The second kappa shape index (κ2) is 8.91. The van der Waals surface area contributed by atoms with Gasteiger partial charge in [0.25, 0.3) is 0 Å². The summed E-state index contributed by atoms with van der Waals surface area (Å²) >= 11 is 5.61. The number of ketones is 1. The van der Waals surface area contributed by atoms with Crippen LogP contribution in [0.1, 0.15) is 43.2 Å². The highest BCUT2D eigenvalue weighted by molar-refractivity contribution is 7.80. The Labute approximate surface area is 155 Å². The third-order valence-corrected chi connectivity index (χ3v) is 5.38. The molecule has 2 aromatic carbocycles. The summed E-state index contributed by atoms with van der Waals surface area (Å²) < 4.78 is 0. The Morgan fingerprint density at radius 2 is 1.72 bits per heavy atom. The van der Waals surface area contributed by atoms with Gasteiger partial charge >= 0.3 is 0 Å². The number of Topliss-reactive ketones (excluding diaryl/α,β-unsaturated/α-hetero) is 1. The molecule has 25 heavy (non-hydrogen) atoms. The van der Waals surface area contributed by atoms with Gasteiger partial charge in [0.2, 0.25) is 0 Å². The zero-order chi connectivity index (χ0) is 17.5. The first-order valence-electron chi connectivity index (χ1n) is 9.16. The number of nitrogens with one attached hydrogen (secondary N) is 1. The molecule has 0 spiro atoms. The van der Waals surface area contributed by atoms with Gasteiger partial charge in [0, 0.05) is 23.9 Å². The second-order valence-corrected chi connectivity index (χ2v) is 7.20. The Bertz CT molecular complexity index is 698. The number of benzene rings is 2. The van der Waals surface area contributed by atoms with Crippen molar-refractivity contribution >= 4 is 23.0 Å². The smallest absolute Gasteiger partial charge is 0.138 e. The fraction of sp³-hybridized carbons (Fsp3) is 0.364. The number of thiocarbonyl (C=S) groups is 1. The monoisotopic (exact) mass is 351 g/mol. The van der Waals surface area contributed by atoms with E-state index in [0.29, 0.717) is 12.2 Å². The maximum atomic E-state index is 12.5. The van der Waals surface area contributed by atoms with Gasteiger partial charge in [-0.25, -0.2) is 0 Å². The van der Waals surface area contributed by atoms with Crippen LogP contribution in [0.2, 0.25) is 0 Å². The summed E-state index contributed by atoms with van der Waals surface area (Å²) in [6.07, 6.45) is 5.74. The van der Waals surface area contributed by atoms with Crippen molar-refractivity contribution in [2.24, 2.45) is 5.92 Å². The summed E-state index contributed by atoms with van der Waals surface area (Å²) in [5, 5.41) is 3.51. The van der Waals surface area contributed by atoms with Gasteiger partial charge in [-0.05, 0) is 31.2 Å². The third-order valence-electron chi connectivity index (χ3n) is 5.03. The Kier molecular flexibility index (Phi) is 6.35. The number of rotatable bonds is 6. The normalized spacial score (nSPS) is 18.6. The van der Waals surface area contributed by atoms with Gasteiger partial charge in [0.05, 0.1) is 0 Å². The molecular weight excluding hydrogens is 326 g/mol. The highest BCUT2D eigenvalue weighted by atomic mass is 32.1. The van der Waals surface area contributed by atoms with Crippen LogP contribution in [0.5, 0.6) is 0 Å². The molecule has 3 rings (SSSR count). The Morgan fingerprint density at radius 1 is 1.04 bits per heavy atom. The van der Waals surface area contributed by atoms with E-state index in [0.717, 1.165) is 42.7 Å². The van der Waals surface area contributed by atoms with Crippen LogP contribution in [0.25, 0.3) is 0 Å². The van der Waals surface area contributed by atoms with E-state index in [-0.39, 0.29) is 12.0 Å². The average molecular weight is 352 g/mol. The molecule has 1 fully saturated rings. The molecule has 2 nitrogen and oxygen atoms in total. The van der Waals surface area contributed by atoms with Crippen molar-refractivity contribution in [2.45, 2.75) is 44.6 Å². The highest BCUT2D eigenvalue weighted by Crippen LogP contribution is 2.26. The van der Waals surface area contributed by atoms with Gasteiger partial charge in [0.15, 0.2) is 0 Å². The summed E-state index contributed by atoms with van der Waals surface area (Å²) in [7, 11) is 0. The summed E-state index contributed by atoms with van der Waals surface area (Å²) in [6, 6.07) is 20.6. The van der Waals surface area contributed by atoms with Crippen LogP contribution in [0.4, 0.5) is 0 Å². The van der Waals surface area contributed by atoms with Crippen LogP contribution in [0.3, 0.4) is 0 Å². The topological polar surface area (TPSA) is 29.1 Å². The van der Waals surface area contributed by atoms with E-state index >= 15 is 0 Å². The Balaban J connectivity index is 1.71. The second-order valence-electron chi connectivity index (χ2n) is 6.79. The molecule has 0 bridgehead atoms. The van der Waals surface area contributed by atoms with Crippen molar-refractivity contribution in [1.29, 1.82) is 0 Å². The highest BCUT2D eigenvalue weighted by Gasteiger charge is 2.30. The molecule has 2 atom stereocenters. The largest absolute Gasteiger partial charge is 0.372 e. The van der Waals surface area contributed by atoms with Crippen molar-refractivity contribution in [3.63, 3.8) is 0 Å². The Morgan fingerprint density at radius 3 is 2.40 bits per heavy atom. The SMILES string of the molecule is O=C1CCCCC1C(CCc1ccccc1)NC(=S)c1ccccc1. The summed E-state index contributed by atoms with van der Waals surface area (Å²) in [6.45, 7) is 0. The molecular formula is C22H25NOS. The molecule has 0 aliphatic heterocycles. The summed E-state index contributed by atoms with van der Waals surface area (Å²) in [4.78, 5) is 13.2. The molecule has 0 radical (unpaired) electrons. The predicted molar refractivity (Wildman–Crippen MR) is 107 cm³/mol. The lowest BCUT2D eigenvalue weighted by Gasteiger charge is -2.31. The van der Waals surface area contributed by atoms with Gasteiger partial charge < -0.3 is 5.32 Å². The maximum Gasteiger partial charge on any atom is 0.138 e. The molecule has 1 N–H and O–H groups in total. The minimum absolute atomic E-state index is 0.0825. The molecule has 3 heteroatoms. The van der Waals surface area contributed by atoms with Gasteiger partial charge in [-0.3, -0.25) is 4.79 Å². The fourth-order valence-corrected chi connectivity index (χ4v) is 3.90. The maximum absolute atomic E-state index is 12.5. The average Bonchev–Trinajstić information content (AvgIpc) is 2.67.